The lowest BCUT2D eigenvalue weighted by molar-refractivity contribution is 0.191. The van der Waals surface area contributed by atoms with E-state index in [4.69, 9.17) is 4.74 Å². The molecule has 0 atom stereocenters. The number of hydrogen-bond donors (Lipinski definition) is 2. The van der Waals surface area contributed by atoms with Gasteiger partial charge in [-0.2, -0.15) is 0 Å². The maximum atomic E-state index is 4.81. The molecule has 4 nitrogen and oxygen atoms in total. The van der Waals surface area contributed by atoms with E-state index in [1.54, 1.807) is 7.11 Å². The SMILES string of the molecule is COCNC1=NCCCN1. The van der Waals surface area contributed by atoms with Gasteiger partial charge in [-0.05, 0) is 6.42 Å². The predicted octanol–water partition coefficient (Wildman–Crippen LogP) is -0.471. The summed E-state index contributed by atoms with van der Waals surface area (Å²) < 4.78 is 4.81. The monoisotopic (exact) mass is 143 g/mol. The van der Waals surface area contributed by atoms with Crippen molar-refractivity contribution in [3.8, 4) is 0 Å². The van der Waals surface area contributed by atoms with Crippen molar-refractivity contribution in [2.75, 3.05) is 26.9 Å². The fraction of sp³-hybridized carbons (Fsp3) is 0.833. The van der Waals surface area contributed by atoms with Crippen LogP contribution < -0.4 is 10.6 Å². The third kappa shape index (κ3) is 2.23. The zero-order chi connectivity index (χ0) is 7.23. The Balaban J connectivity index is 2.18. The molecule has 1 rings (SSSR count). The molecule has 0 fully saturated rings. The van der Waals surface area contributed by atoms with E-state index in [2.05, 4.69) is 15.6 Å². The zero-order valence-corrected chi connectivity index (χ0v) is 6.18. The average Bonchev–Trinajstić information content (AvgIpc) is 2.03. The van der Waals surface area contributed by atoms with E-state index in [1.807, 2.05) is 0 Å². The zero-order valence-electron chi connectivity index (χ0n) is 6.18. The Morgan fingerprint density at radius 1 is 1.80 bits per heavy atom. The summed E-state index contributed by atoms with van der Waals surface area (Å²) in [6, 6.07) is 0. The highest BCUT2D eigenvalue weighted by Gasteiger charge is 2.00. The highest BCUT2D eigenvalue weighted by atomic mass is 16.5. The van der Waals surface area contributed by atoms with Crippen molar-refractivity contribution in [3.05, 3.63) is 0 Å². The Bertz CT molecular complexity index is 124. The van der Waals surface area contributed by atoms with E-state index in [9.17, 15) is 0 Å². The molecule has 0 aliphatic carbocycles. The van der Waals surface area contributed by atoms with Gasteiger partial charge in [0.2, 0.25) is 0 Å². The molecule has 10 heavy (non-hydrogen) atoms. The second-order valence-electron chi connectivity index (χ2n) is 2.12. The number of rotatable bonds is 2. The van der Waals surface area contributed by atoms with Crippen molar-refractivity contribution in [1.82, 2.24) is 10.6 Å². The first-order chi connectivity index (χ1) is 4.93. The topological polar surface area (TPSA) is 45.6 Å². The number of hydrogen-bond acceptors (Lipinski definition) is 4. The van der Waals surface area contributed by atoms with Crippen LogP contribution in [0.25, 0.3) is 0 Å². The molecule has 4 heteroatoms. The molecule has 2 N–H and O–H groups in total. The first kappa shape index (κ1) is 7.34. The predicted molar refractivity (Wildman–Crippen MR) is 39.9 cm³/mol. The molecule has 58 valence electrons. The molecule has 0 aromatic carbocycles. The summed E-state index contributed by atoms with van der Waals surface area (Å²) in [6.07, 6.45) is 1.12. The summed E-state index contributed by atoms with van der Waals surface area (Å²) in [5, 5.41) is 6.10. The molecule has 0 radical (unpaired) electrons. The van der Waals surface area contributed by atoms with Crippen LogP contribution in [0.3, 0.4) is 0 Å². The van der Waals surface area contributed by atoms with Crippen LogP contribution in [-0.4, -0.2) is 32.9 Å². The van der Waals surface area contributed by atoms with Crippen LogP contribution in [0, 0.1) is 0 Å². The van der Waals surface area contributed by atoms with Gasteiger partial charge in [0.15, 0.2) is 5.96 Å². The highest BCUT2D eigenvalue weighted by Crippen LogP contribution is 1.85. The summed E-state index contributed by atoms with van der Waals surface area (Å²) in [5.41, 5.74) is 0. The van der Waals surface area contributed by atoms with Crippen LogP contribution >= 0.6 is 0 Å². The third-order valence-corrected chi connectivity index (χ3v) is 1.28. The Hall–Kier alpha value is -0.770. The molecule has 0 unspecified atom stereocenters. The normalized spacial score (nSPS) is 17.5. The molecule has 1 aliphatic rings. The van der Waals surface area contributed by atoms with Gasteiger partial charge in [-0.15, -0.1) is 0 Å². The summed E-state index contributed by atoms with van der Waals surface area (Å²) in [5.74, 6) is 0.855. The Kier molecular flexibility index (Phi) is 3.02. The number of aliphatic imine (C=N–C) groups is 1. The van der Waals surface area contributed by atoms with E-state index in [-0.39, 0.29) is 0 Å². The van der Waals surface area contributed by atoms with E-state index < -0.39 is 0 Å². The van der Waals surface area contributed by atoms with Gasteiger partial charge in [0.05, 0.1) is 0 Å². The van der Waals surface area contributed by atoms with Crippen LogP contribution in [-0.2, 0) is 4.74 Å². The molecule has 1 heterocycles. The number of methoxy groups -OCH3 is 1. The molecule has 0 amide bonds. The number of guanidine groups is 1. The second-order valence-corrected chi connectivity index (χ2v) is 2.12. The average molecular weight is 143 g/mol. The quantitative estimate of drug-likeness (QED) is 0.514. The second kappa shape index (κ2) is 4.11. The molecule has 0 aromatic rings. The molecular formula is C6H13N3O. The molecule has 0 aromatic heterocycles. The number of ether oxygens (including phenoxy) is 1. The summed E-state index contributed by atoms with van der Waals surface area (Å²) in [6.45, 7) is 2.44. The number of nitrogens with one attached hydrogen (secondary N) is 2. The Morgan fingerprint density at radius 2 is 2.70 bits per heavy atom. The minimum atomic E-state index is 0.520. The molecule has 0 bridgehead atoms. The summed E-state index contributed by atoms with van der Waals surface area (Å²) in [7, 11) is 1.65. The smallest absolute Gasteiger partial charge is 0.193 e. The van der Waals surface area contributed by atoms with Crippen molar-refractivity contribution in [2.45, 2.75) is 6.42 Å². The Labute approximate surface area is 60.7 Å². The standard InChI is InChI=1S/C6H13N3O/c1-10-5-9-6-7-3-2-4-8-6/h2-5H2,1H3,(H2,7,8,9). The lowest BCUT2D eigenvalue weighted by Gasteiger charge is -2.14. The fourth-order valence-electron chi connectivity index (χ4n) is 0.792. The minimum Gasteiger partial charge on any atom is -0.364 e. The highest BCUT2D eigenvalue weighted by molar-refractivity contribution is 5.80. The molecule has 1 aliphatic heterocycles. The Morgan fingerprint density at radius 3 is 3.30 bits per heavy atom. The van der Waals surface area contributed by atoms with E-state index in [0.717, 1.165) is 25.5 Å². The van der Waals surface area contributed by atoms with Crippen molar-refractivity contribution in [1.29, 1.82) is 0 Å². The van der Waals surface area contributed by atoms with Gasteiger partial charge in [-0.3, -0.25) is 4.99 Å². The minimum absolute atomic E-state index is 0.520. The van der Waals surface area contributed by atoms with Gasteiger partial charge in [0, 0.05) is 20.2 Å². The van der Waals surface area contributed by atoms with Gasteiger partial charge < -0.3 is 15.4 Å². The lowest BCUT2D eigenvalue weighted by Crippen LogP contribution is -2.41. The van der Waals surface area contributed by atoms with Crippen LogP contribution in [0.1, 0.15) is 6.42 Å². The van der Waals surface area contributed by atoms with Gasteiger partial charge in [0.25, 0.3) is 0 Å². The largest absolute Gasteiger partial charge is 0.364 e. The van der Waals surface area contributed by atoms with Crippen LogP contribution in [0.4, 0.5) is 0 Å². The maximum absolute atomic E-state index is 4.81. The van der Waals surface area contributed by atoms with Crippen LogP contribution in [0.15, 0.2) is 4.99 Å². The first-order valence-electron chi connectivity index (χ1n) is 3.44. The van der Waals surface area contributed by atoms with E-state index in [1.165, 1.54) is 0 Å². The van der Waals surface area contributed by atoms with Crippen LogP contribution in [0.2, 0.25) is 0 Å². The molecule has 0 saturated heterocycles. The van der Waals surface area contributed by atoms with Crippen molar-refractivity contribution < 1.29 is 4.74 Å². The van der Waals surface area contributed by atoms with E-state index >= 15 is 0 Å². The van der Waals surface area contributed by atoms with Gasteiger partial charge in [0.1, 0.15) is 6.73 Å². The summed E-state index contributed by atoms with van der Waals surface area (Å²) >= 11 is 0. The van der Waals surface area contributed by atoms with Gasteiger partial charge >= 0.3 is 0 Å². The van der Waals surface area contributed by atoms with Crippen LogP contribution in [0.5, 0.6) is 0 Å². The van der Waals surface area contributed by atoms with Gasteiger partial charge in [-0.25, -0.2) is 0 Å². The molecule has 0 spiro atoms. The first-order valence-corrected chi connectivity index (χ1v) is 3.44. The van der Waals surface area contributed by atoms with Gasteiger partial charge in [-0.1, -0.05) is 0 Å². The van der Waals surface area contributed by atoms with Crippen molar-refractivity contribution in [2.24, 2.45) is 4.99 Å². The third-order valence-electron chi connectivity index (χ3n) is 1.28. The summed E-state index contributed by atoms with van der Waals surface area (Å²) in [4.78, 5) is 4.18. The van der Waals surface area contributed by atoms with Crippen molar-refractivity contribution >= 4 is 5.96 Å². The lowest BCUT2D eigenvalue weighted by atomic mass is 10.4. The number of nitrogens with zero attached hydrogens (tertiary/aromatic N) is 1. The van der Waals surface area contributed by atoms with Crippen molar-refractivity contribution in [3.63, 3.8) is 0 Å². The maximum Gasteiger partial charge on any atom is 0.193 e. The fourth-order valence-corrected chi connectivity index (χ4v) is 0.792. The van der Waals surface area contributed by atoms with E-state index in [0.29, 0.717) is 6.73 Å². The molecule has 0 saturated carbocycles. The molecular weight excluding hydrogens is 130 g/mol.